The monoisotopic (exact) mass is 482 g/mol. The van der Waals surface area contributed by atoms with Crippen molar-refractivity contribution in [1.29, 1.82) is 0 Å². The molecule has 1 atom stereocenters. The number of carbonyl (C=O) groups is 1. The zero-order valence-electron chi connectivity index (χ0n) is 21.5. The van der Waals surface area contributed by atoms with E-state index in [1.807, 2.05) is 17.8 Å². The molecule has 2 heterocycles. The molecule has 1 aliphatic carbocycles. The smallest absolute Gasteiger partial charge is 0.330 e. The molecule has 0 bridgehead atoms. The Kier molecular flexibility index (Phi) is 6.79. The molecule has 5 rings (SSSR count). The van der Waals surface area contributed by atoms with Crippen LogP contribution >= 0.6 is 0 Å². The number of methoxy groups -OCH3 is 1. The van der Waals surface area contributed by atoms with Gasteiger partial charge in [0.25, 0.3) is 0 Å². The number of fused-ring (bicyclic) bond motifs is 2. The molecule has 0 saturated carbocycles. The summed E-state index contributed by atoms with van der Waals surface area (Å²) >= 11 is 0. The summed E-state index contributed by atoms with van der Waals surface area (Å²) in [5, 5.41) is 5.98. The number of para-hydroxylation sites is 1. The highest BCUT2D eigenvalue weighted by atomic mass is 16.5. The Balaban J connectivity index is 1.43. The number of aromatic amines is 1. The van der Waals surface area contributed by atoms with Crippen LogP contribution in [0.2, 0.25) is 0 Å². The molecule has 0 radical (unpaired) electrons. The highest BCUT2D eigenvalue weighted by molar-refractivity contribution is 5.87. The minimum atomic E-state index is -0.334. The molecule has 0 saturated heterocycles. The minimum absolute atomic E-state index is 0.334. The Hall–Kier alpha value is -3.64. The number of hydrogen-bond acceptors (Lipinski definition) is 4. The third-order valence-electron chi connectivity index (χ3n) is 7.63. The quantitative estimate of drug-likeness (QED) is 0.268. The SMILES string of the molecule is COC(=O)C=Cc1ccc2c(c1)CCC2N(CCc1c[nH]c2ccccc12)Cc1c(C)nn(C)c1C. The molecule has 2 aromatic carbocycles. The number of H-pyrrole nitrogens is 1. The predicted molar refractivity (Wildman–Crippen MR) is 144 cm³/mol. The number of nitrogens with zero attached hydrogens (tertiary/aromatic N) is 3. The minimum Gasteiger partial charge on any atom is -0.466 e. The van der Waals surface area contributed by atoms with Gasteiger partial charge in [-0.05, 0) is 67.5 Å². The van der Waals surface area contributed by atoms with Gasteiger partial charge in [-0.25, -0.2) is 4.79 Å². The molecule has 36 heavy (non-hydrogen) atoms. The second kappa shape index (κ2) is 10.2. The maximum Gasteiger partial charge on any atom is 0.330 e. The highest BCUT2D eigenvalue weighted by Gasteiger charge is 2.29. The number of aromatic nitrogens is 3. The zero-order chi connectivity index (χ0) is 25.2. The molecule has 0 aliphatic heterocycles. The third kappa shape index (κ3) is 4.73. The number of benzene rings is 2. The predicted octanol–water partition coefficient (Wildman–Crippen LogP) is 5.44. The highest BCUT2D eigenvalue weighted by Crippen LogP contribution is 2.38. The Morgan fingerprint density at radius 3 is 2.86 bits per heavy atom. The fourth-order valence-corrected chi connectivity index (χ4v) is 5.53. The first kappa shape index (κ1) is 24.1. The van der Waals surface area contributed by atoms with Gasteiger partial charge < -0.3 is 9.72 Å². The molecule has 2 aromatic heterocycles. The Labute approximate surface area is 212 Å². The van der Waals surface area contributed by atoms with Crippen LogP contribution in [0.15, 0.2) is 54.7 Å². The average molecular weight is 483 g/mol. The van der Waals surface area contributed by atoms with Gasteiger partial charge in [-0.2, -0.15) is 5.10 Å². The van der Waals surface area contributed by atoms with Gasteiger partial charge >= 0.3 is 5.97 Å². The first-order valence-corrected chi connectivity index (χ1v) is 12.6. The van der Waals surface area contributed by atoms with Crippen LogP contribution < -0.4 is 0 Å². The number of nitrogens with one attached hydrogen (secondary N) is 1. The molecule has 1 N–H and O–H groups in total. The molecule has 0 fully saturated rings. The van der Waals surface area contributed by atoms with Gasteiger partial charge in [-0.3, -0.25) is 9.58 Å². The Morgan fingerprint density at radius 1 is 1.25 bits per heavy atom. The number of carbonyl (C=O) groups excluding carboxylic acids is 1. The van der Waals surface area contributed by atoms with Crippen LogP contribution in [0, 0.1) is 13.8 Å². The van der Waals surface area contributed by atoms with Crippen LogP contribution in [0.1, 0.15) is 51.7 Å². The van der Waals surface area contributed by atoms with E-state index in [9.17, 15) is 4.79 Å². The molecule has 1 unspecified atom stereocenters. The standard InChI is InChI=1S/C30H34N4O2/c1-20-27(21(2)33(3)32-20)19-34(16-15-24-18-31-28-8-6-5-7-25(24)28)29-13-11-23-17-22(9-12-26(23)29)10-14-30(35)36-4/h5-10,12,14,17-18,29,31H,11,13,15-16,19H2,1-4H3. The molecule has 0 amide bonds. The van der Waals surface area contributed by atoms with E-state index in [4.69, 9.17) is 4.74 Å². The van der Waals surface area contributed by atoms with Crippen molar-refractivity contribution in [2.45, 2.75) is 45.7 Å². The van der Waals surface area contributed by atoms with Crippen LogP contribution in [0.4, 0.5) is 0 Å². The van der Waals surface area contributed by atoms with Crippen LogP contribution in [0.25, 0.3) is 17.0 Å². The topological polar surface area (TPSA) is 63.1 Å². The summed E-state index contributed by atoms with van der Waals surface area (Å²) < 4.78 is 6.72. The van der Waals surface area contributed by atoms with E-state index < -0.39 is 0 Å². The molecule has 0 spiro atoms. The largest absolute Gasteiger partial charge is 0.466 e. The second-order valence-corrected chi connectivity index (χ2v) is 9.72. The average Bonchev–Trinajstić information content (AvgIpc) is 3.56. The van der Waals surface area contributed by atoms with Gasteiger partial charge in [-0.15, -0.1) is 0 Å². The fourth-order valence-electron chi connectivity index (χ4n) is 5.53. The van der Waals surface area contributed by atoms with Gasteiger partial charge in [0.2, 0.25) is 0 Å². The summed E-state index contributed by atoms with van der Waals surface area (Å²) in [4.78, 5) is 17.6. The first-order chi connectivity index (χ1) is 17.4. The van der Waals surface area contributed by atoms with Gasteiger partial charge in [0.1, 0.15) is 0 Å². The Morgan fingerprint density at radius 2 is 2.08 bits per heavy atom. The normalized spacial score (nSPS) is 15.3. The van der Waals surface area contributed by atoms with Crippen molar-refractivity contribution in [3.8, 4) is 0 Å². The van der Waals surface area contributed by atoms with E-state index in [0.29, 0.717) is 6.04 Å². The van der Waals surface area contributed by atoms with E-state index >= 15 is 0 Å². The van der Waals surface area contributed by atoms with Gasteiger partial charge in [-0.1, -0.05) is 36.4 Å². The fraction of sp³-hybridized carbons (Fsp3) is 0.333. The van der Waals surface area contributed by atoms with Crippen LogP contribution in [0.5, 0.6) is 0 Å². The zero-order valence-corrected chi connectivity index (χ0v) is 21.5. The van der Waals surface area contributed by atoms with E-state index in [1.165, 1.54) is 52.0 Å². The van der Waals surface area contributed by atoms with Gasteiger partial charge in [0.15, 0.2) is 0 Å². The van der Waals surface area contributed by atoms with E-state index in [2.05, 4.69) is 77.5 Å². The van der Waals surface area contributed by atoms with Gasteiger partial charge in [0.05, 0.1) is 12.8 Å². The van der Waals surface area contributed by atoms with Crippen molar-refractivity contribution in [2.24, 2.45) is 7.05 Å². The van der Waals surface area contributed by atoms with Crippen molar-refractivity contribution in [1.82, 2.24) is 19.7 Å². The van der Waals surface area contributed by atoms with Crippen molar-refractivity contribution in [2.75, 3.05) is 13.7 Å². The summed E-state index contributed by atoms with van der Waals surface area (Å²) in [5.41, 5.74) is 9.99. The van der Waals surface area contributed by atoms with E-state index in [-0.39, 0.29) is 5.97 Å². The summed E-state index contributed by atoms with van der Waals surface area (Å²) in [5.74, 6) is -0.334. The summed E-state index contributed by atoms with van der Waals surface area (Å²) in [6, 6.07) is 15.4. The summed E-state index contributed by atoms with van der Waals surface area (Å²) in [7, 11) is 3.42. The van der Waals surface area contributed by atoms with Crippen molar-refractivity contribution < 1.29 is 9.53 Å². The number of aryl methyl sites for hydroxylation is 3. The lowest BCUT2D eigenvalue weighted by molar-refractivity contribution is -0.134. The number of ether oxygens (including phenoxy) is 1. The number of esters is 1. The number of rotatable bonds is 8. The summed E-state index contributed by atoms with van der Waals surface area (Å²) in [6.45, 7) is 6.12. The second-order valence-electron chi connectivity index (χ2n) is 9.72. The molecule has 1 aliphatic rings. The number of hydrogen-bond donors (Lipinski definition) is 1. The lowest BCUT2D eigenvalue weighted by atomic mass is 10.0. The summed E-state index contributed by atoms with van der Waals surface area (Å²) in [6.07, 6.45) is 8.58. The van der Waals surface area contributed by atoms with Crippen molar-refractivity contribution in [3.63, 3.8) is 0 Å². The van der Waals surface area contributed by atoms with Crippen molar-refractivity contribution in [3.05, 3.63) is 93.9 Å². The molecule has 6 nitrogen and oxygen atoms in total. The Bertz CT molecular complexity index is 1430. The van der Waals surface area contributed by atoms with E-state index in [0.717, 1.165) is 43.6 Å². The third-order valence-corrected chi connectivity index (χ3v) is 7.63. The van der Waals surface area contributed by atoms with Crippen LogP contribution in [0.3, 0.4) is 0 Å². The molecule has 186 valence electrons. The maximum atomic E-state index is 11.5. The molecule has 4 aromatic rings. The first-order valence-electron chi connectivity index (χ1n) is 12.6. The van der Waals surface area contributed by atoms with Crippen LogP contribution in [-0.4, -0.2) is 39.3 Å². The lowest BCUT2D eigenvalue weighted by Gasteiger charge is -2.30. The molecular formula is C30H34N4O2. The van der Waals surface area contributed by atoms with Crippen molar-refractivity contribution >= 4 is 22.9 Å². The lowest BCUT2D eigenvalue weighted by Crippen LogP contribution is -2.30. The maximum absolute atomic E-state index is 11.5. The molecule has 6 heteroatoms. The van der Waals surface area contributed by atoms with Gasteiger partial charge in [0, 0.05) is 60.6 Å². The van der Waals surface area contributed by atoms with Crippen LogP contribution in [-0.2, 0) is 36.0 Å². The van der Waals surface area contributed by atoms with E-state index in [1.54, 1.807) is 0 Å². The molecular weight excluding hydrogens is 448 g/mol.